The van der Waals surface area contributed by atoms with Gasteiger partial charge in [0.15, 0.2) is 0 Å². The third-order valence-electron chi connectivity index (χ3n) is 2.63. The van der Waals surface area contributed by atoms with Crippen molar-refractivity contribution in [2.75, 3.05) is 12.9 Å². The van der Waals surface area contributed by atoms with Crippen LogP contribution in [0.15, 0.2) is 29.4 Å². The average molecular weight is 305 g/mol. The third kappa shape index (κ3) is 3.03. The Hall–Kier alpha value is -1.77. The Labute approximate surface area is 116 Å². The van der Waals surface area contributed by atoms with Crippen molar-refractivity contribution >= 4 is 23.2 Å². The van der Waals surface area contributed by atoms with E-state index in [1.807, 2.05) is 0 Å². The number of benzene rings is 1. The lowest BCUT2D eigenvalue weighted by Gasteiger charge is -2.29. The van der Waals surface area contributed by atoms with E-state index in [2.05, 4.69) is 5.10 Å². The van der Waals surface area contributed by atoms with Crippen LogP contribution in [0.4, 0.5) is 18.9 Å². The minimum Gasteiger partial charge on any atom is -0.290 e. The Bertz CT molecular complexity index is 545. The van der Waals surface area contributed by atoms with Gasteiger partial charge in [-0.3, -0.25) is 15.1 Å². The Morgan fingerprint density at radius 1 is 1.40 bits per heavy atom. The highest BCUT2D eigenvalue weighted by Crippen LogP contribution is 2.36. The minimum absolute atomic E-state index is 0.133. The summed E-state index contributed by atoms with van der Waals surface area (Å²) in [6.45, 7) is 0. The molecule has 0 amide bonds. The fourth-order valence-corrected chi connectivity index (χ4v) is 2.69. The third-order valence-corrected chi connectivity index (χ3v) is 3.97. The first-order valence-electron chi connectivity index (χ1n) is 5.52. The van der Waals surface area contributed by atoms with E-state index in [0.29, 0.717) is 0 Å². The van der Waals surface area contributed by atoms with Gasteiger partial charge in [0.05, 0.1) is 16.5 Å². The number of nitrogens with zero attached hydrogens (tertiary/aromatic N) is 3. The topological polar surface area (TPSA) is 58.7 Å². The van der Waals surface area contributed by atoms with E-state index in [1.165, 1.54) is 29.3 Å². The molecule has 1 aromatic carbocycles. The van der Waals surface area contributed by atoms with Crippen LogP contribution >= 0.6 is 11.8 Å². The molecule has 2 rings (SSSR count). The summed E-state index contributed by atoms with van der Waals surface area (Å²) in [4.78, 5) is 9.94. The van der Waals surface area contributed by atoms with E-state index in [4.69, 9.17) is 0 Å². The molecule has 0 aromatic heterocycles. The Morgan fingerprint density at radius 3 is 2.50 bits per heavy atom. The quantitative estimate of drug-likeness (QED) is 0.623. The molecule has 0 bridgehead atoms. The lowest BCUT2D eigenvalue weighted by atomic mass is 10.1. The van der Waals surface area contributed by atoms with E-state index in [9.17, 15) is 23.3 Å². The van der Waals surface area contributed by atoms with Crippen molar-refractivity contribution in [1.29, 1.82) is 0 Å². The molecule has 9 heteroatoms. The number of non-ortho nitro benzene ring substituents is 1. The minimum atomic E-state index is -4.41. The summed E-state index contributed by atoms with van der Waals surface area (Å²) in [6, 6.07) is 4.92. The van der Waals surface area contributed by atoms with Gasteiger partial charge in [-0.1, -0.05) is 0 Å². The second-order valence-electron chi connectivity index (χ2n) is 4.16. The molecule has 0 spiro atoms. The fourth-order valence-electron chi connectivity index (χ4n) is 1.74. The number of alkyl halides is 3. The van der Waals surface area contributed by atoms with Crippen molar-refractivity contribution in [1.82, 2.24) is 5.01 Å². The molecule has 0 saturated carbocycles. The zero-order valence-electron chi connectivity index (χ0n) is 10.3. The van der Waals surface area contributed by atoms with Crippen LogP contribution in [0.3, 0.4) is 0 Å². The molecule has 0 fully saturated rings. The number of thioether (sulfide) groups is 1. The molecule has 1 aliphatic heterocycles. The van der Waals surface area contributed by atoms with Gasteiger partial charge in [0, 0.05) is 19.2 Å². The van der Waals surface area contributed by atoms with Crippen molar-refractivity contribution in [2.24, 2.45) is 5.10 Å². The van der Waals surface area contributed by atoms with Gasteiger partial charge in [-0.05, 0) is 17.7 Å². The van der Waals surface area contributed by atoms with Gasteiger partial charge in [0.1, 0.15) is 5.25 Å². The molecule has 1 aliphatic rings. The van der Waals surface area contributed by atoms with Gasteiger partial charge >= 0.3 is 6.18 Å². The normalized spacial score (nSPS) is 19.7. The lowest BCUT2D eigenvalue weighted by molar-refractivity contribution is -0.384. The average Bonchev–Trinajstić information content (AvgIpc) is 2.37. The lowest BCUT2D eigenvalue weighted by Crippen LogP contribution is -2.40. The zero-order valence-corrected chi connectivity index (χ0v) is 11.1. The van der Waals surface area contributed by atoms with Crippen molar-refractivity contribution < 1.29 is 18.1 Å². The Balaban J connectivity index is 2.38. The molecule has 0 N–H and O–H groups in total. The molecule has 1 unspecified atom stereocenters. The van der Waals surface area contributed by atoms with E-state index < -0.39 is 16.3 Å². The van der Waals surface area contributed by atoms with Crippen LogP contribution in [0.5, 0.6) is 0 Å². The predicted molar refractivity (Wildman–Crippen MR) is 69.7 cm³/mol. The summed E-state index contributed by atoms with van der Waals surface area (Å²) in [6.07, 6.45) is -4.41. The number of hydrogen-bond acceptors (Lipinski definition) is 5. The summed E-state index contributed by atoms with van der Waals surface area (Å²) in [5.41, 5.74) is -0.0714. The number of nitro benzene ring substituents is 1. The summed E-state index contributed by atoms with van der Waals surface area (Å²) < 4.78 is 38.9. The summed E-state index contributed by atoms with van der Waals surface area (Å²) >= 11 is 0.728. The number of hydrazone groups is 1. The van der Waals surface area contributed by atoms with Crippen LogP contribution in [0.1, 0.15) is 5.56 Å². The predicted octanol–water partition coefficient (Wildman–Crippen LogP) is 2.87. The van der Waals surface area contributed by atoms with Crippen molar-refractivity contribution in [3.63, 3.8) is 0 Å². The molecule has 0 saturated heterocycles. The summed E-state index contributed by atoms with van der Waals surface area (Å²) in [5.74, 6) is 0.140. The highest BCUT2D eigenvalue weighted by molar-refractivity contribution is 8.00. The SMILES string of the molecule is CN1CSC(C(F)(F)F)C(c2ccc([N+](=O)[O-])cc2)=N1. The number of hydrogen-bond donors (Lipinski definition) is 0. The number of rotatable bonds is 2. The van der Waals surface area contributed by atoms with Crippen LogP contribution < -0.4 is 0 Å². The largest absolute Gasteiger partial charge is 0.406 e. The highest BCUT2D eigenvalue weighted by Gasteiger charge is 2.45. The van der Waals surface area contributed by atoms with E-state index in [-0.39, 0.29) is 22.8 Å². The maximum Gasteiger partial charge on any atom is 0.406 e. The Morgan fingerprint density at radius 2 is 2.00 bits per heavy atom. The Kier molecular flexibility index (Phi) is 3.89. The first-order valence-corrected chi connectivity index (χ1v) is 6.56. The van der Waals surface area contributed by atoms with Gasteiger partial charge in [-0.15, -0.1) is 11.8 Å². The van der Waals surface area contributed by atoms with E-state index >= 15 is 0 Å². The highest BCUT2D eigenvalue weighted by atomic mass is 32.2. The van der Waals surface area contributed by atoms with E-state index in [0.717, 1.165) is 11.8 Å². The molecular formula is C11H10F3N3O2S. The molecule has 1 aromatic rings. The molecule has 108 valence electrons. The summed E-state index contributed by atoms with van der Waals surface area (Å²) in [5, 5.41) is 14.1. The maximum atomic E-state index is 13.0. The molecule has 5 nitrogen and oxygen atoms in total. The number of halogens is 3. The van der Waals surface area contributed by atoms with Crippen molar-refractivity contribution in [2.45, 2.75) is 11.4 Å². The second kappa shape index (κ2) is 5.31. The van der Waals surface area contributed by atoms with Crippen LogP contribution in [0, 0.1) is 10.1 Å². The number of nitro groups is 1. The van der Waals surface area contributed by atoms with Crippen LogP contribution in [0.25, 0.3) is 0 Å². The second-order valence-corrected chi connectivity index (χ2v) is 5.23. The summed E-state index contributed by atoms with van der Waals surface area (Å²) in [7, 11) is 1.57. The molecule has 0 radical (unpaired) electrons. The van der Waals surface area contributed by atoms with Crippen LogP contribution in [-0.2, 0) is 0 Å². The van der Waals surface area contributed by atoms with Crippen molar-refractivity contribution in [3.05, 3.63) is 39.9 Å². The van der Waals surface area contributed by atoms with Gasteiger partial charge < -0.3 is 0 Å². The van der Waals surface area contributed by atoms with Gasteiger partial charge in [0.2, 0.25) is 0 Å². The molecule has 20 heavy (non-hydrogen) atoms. The molecule has 0 aliphatic carbocycles. The van der Waals surface area contributed by atoms with Gasteiger partial charge in [0.25, 0.3) is 5.69 Å². The first-order chi connectivity index (χ1) is 9.29. The van der Waals surface area contributed by atoms with Crippen LogP contribution in [0.2, 0.25) is 0 Å². The van der Waals surface area contributed by atoms with Gasteiger partial charge in [-0.25, -0.2) is 0 Å². The zero-order chi connectivity index (χ0) is 14.9. The molecule has 1 heterocycles. The maximum absolute atomic E-state index is 13.0. The van der Waals surface area contributed by atoms with Crippen molar-refractivity contribution in [3.8, 4) is 0 Å². The first kappa shape index (κ1) is 14.6. The fraction of sp³-hybridized carbons (Fsp3) is 0.364. The molecule has 1 atom stereocenters. The van der Waals surface area contributed by atoms with Crippen LogP contribution in [-0.4, -0.2) is 40.0 Å². The standard InChI is InChI=1S/C11H10F3N3O2S/c1-16-6-20-10(11(12,13)14)9(15-16)7-2-4-8(5-3-7)17(18)19/h2-5,10H,6H2,1H3. The van der Waals surface area contributed by atoms with E-state index in [1.54, 1.807) is 7.05 Å². The molecular weight excluding hydrogens is 295 g/mol. The monoisotopic (exact) mass is 305 g/mol. The van der Waals surface area contributed by atoms with Gasteiger partial charge in [-0.2, -0.15) is 18.3 Å². The smallest absolute Gasteiger partial charge is 0.290 e.